The van der Waals surface area contributed by atoms with Crippen molar-refractivity contribution in [3.05, 3.63) is 0 Å². The second-order valence-electron chi connectivity index (χ2n) is 5.80. The molecule has 0 heterocycles. The fourth-order valence-corrected chi connectivity index (χ4v) is 2.52. The Balaban J connectivity index is 2.48. The molecular weight excluding hydrogens is 173 g/mol. The maximum Gasteiger partial charge on any atom is 0.310 e. The van der Waals surface area contributed by atoms with Crippen LogP contribution in [0.1, 0.15) is 47.5 Å². The first kappa shape index (κ1) is 12.1. The Bertz CT molecular complexity index is 201. The van der Waals surface area contributed by atoms with Crippen molar-refractivity contribution < 1.29 is 4.65 Å². The van der Waals surface area contributed by atoms with E-state index in [1.54, 1.807) is 7.48 Å². The fraction of sp³-hybridized carbons (Fsp3) is 1.00. The topological polar surface area (TPSA) is 35.2 Å². The number of hydrogen-bond donors (Lipinski definition) is 1. The number of rotatable bonds is 4. The van der Waals surface area contributed by atoms with Gasteiger partial charge >= 0.3 is 7.48 Å². The highest BCUT2D eigenvalue weighted by molar-refractivity contribution is 6.29. The summed E-state index contributed by atoms with van der Waals surface area (Å²) in [4.78, 5) is 0. The number of nitrogens with two attached hydrogens (primary N) is 1. The molecule has 81 valence electrons. The van der Waals surface area contributed by atoms with Crippen LogP contribution in [-0.2, 0) is 4.65 Å². The molecule has 0 aromatic rings. The Morgan fingerprint density at radius 2 is 2.07 bits per heavy atom. The van der Waals surface area contributed by atoms with E-state index >= 15 is 0 Å². The first-order valence-corrected chi connectivity index (χ1v) is 5.52. The predicted molar refractivity (Wildman–Crippen MR) is 61.1 cm³/mol. The quantitative estimate of drug-likeness (QED) is 0.699. The maximum atomic E-state index is 5.78. The molecule has 1 saturated carbocycles. The molecule has 0 aliphatic heterocycles. The van der Waals surface area contributed by atoms with Gasteiger partial charge in [-0.2, -0.15) is 0 Å². The first-order valence-electron chi connectivity index (χ1n) is 5.52. The lowest BCUT2D eigenvalue weighted by molar-refractivity contribution is -0.0797. The van der Waals surface area contributed by atoms with Gasteiger partial charge in [0.15, 0.2) is 0 Å². The minimum absolute atomic E-state index is 0.0115. The van der Waals surface area contributed by atoms with E-state index in [0.717, 1.165) is 0 Å². The smallest absolute Gasteiger partial charge is 0.310 e. The van der Waals surface area contributed by atoms with Gasteiger partial charge in [0.1, 0.15) is 0 Å². The van der Waals surface area contributed by atoms with E-state index in [-0.39, 0.29) is 11.5 Å². The first-order chi connectivity index (χ1) is 6.26. The lowest BCUT2D eigenvalue weighted by Gasteiger charge is -2.53. The molecule has 0 saturated heterocycles. The highest BCUT2D eigenvalue weighted by Gasteiger charge is 2.47. The Morgan fingerprint density at radius 3 is 2.36 bits per heavy atom. The third-order valence-electron chi connectivity index (χ3n) is 3.45. The van der Waals surface area contributed by atoms with E-state index in [9.17, 15) is 0 Å². The van der Waals surface area contributed by atoms with Crippen LogP contribution < -0.4 is 5.73 Å². The van der Waals surface area contributed by atoms with Crippen LogP contribution in [-0.4, -0.2) is 19.0 Å². The van der Waals surface area contributed by atoms with Gasteiger partial charge in [-0.05, 0) is 38.0 Å². The van der Waals surface area contributed by atoms with Crippen molar-refractivity contribution in [1.29, 1.82) is 0 Å². The lowest BCUT2D eigenvalue weighted by atomic mass is 9.56. The third kappa shape index (κ3) is 2.51. The van der Waals surface area contributed by atoms with Crippen LogP contribution in [0.4, 0.5) is 0 Å². The molecule has 2 nitrogen and oxygen atoms in total. The van der Waals surface area contributed by atoms with Gasteiger partial charge in [0.2, 0.25) is 0 Å². The Labute approximate surface area is 88.9 Å². The average molecular weight is 196 g/mol. The summed E-state index contributed by atoms with van der Waals surface area (Å²) in [5.41, 5.74) is 6.00. The zero-order chi connectivity index (χ0) is 11.0. The van der Waals surface area contributed by atoms with Crippen LogP contribution >= 0.6 is 0 Å². The molecule has 1 rings (SSSR count). The van der Waals surface area contributed by atoms with Crippen LogP contribution in [0.25, 0.3) is 0 Å². The summed E-state index contributed by atoms with van der Waals surface area (Å²) >= 11 is 0. The molecule has 1 aliphatic carbocycles. The van der Waals surface area contributed by atoms with Crippen LogP contribution in [0, 0.1) is 11.3 Å². The molecule has 2 N–H and O–H groups in total. The van der Waals surface area contributed by atoms with Gasteiger partial charge in [0.05, 0.1) is 0 Å². The van der Waals surface area contributed by atoms with Gasteiger partial charge in [-0.15, -0.1) is 0 Å². The SMILES string of the molecule is C[C@H](N)[B]OC(C)(C)[C@H]1CCC1(C)C. The normalized spacial score (nSPS) is 28.0. The van der Waals surface area contributed by atoms with E-state index in [1.165, 1.54) is 12.8 Å². The zero-order valence-electron chi connectivity index (χ0n) is 10.1. The average Bonchev–Trinajstić information content (AvgIpc) is 1.98. The van der Waals surface area contributed by atoms with Crippen molar-refractivity contribution in [1.82, 2.24) is 0 Å². The molecule has 0 amide bonds. The second kappa shape index (κ2) is 3.86. The van der Waals surface area contributed by atoms with Crippen molar-refractivity contribution in [3.8, 4) is 0 Å². The van der Waals surface area contributed by atoms with Crippen molar-refractivity contribution in [2.75, 3.05) is 0 Å². The molecule has 1 fully saturated rings. The fourth-order valence-electron chi connectivity index (χ4n) is 2.52. The summed E-state index contributed by atoms with van der Waals surface area (Å²) in [6.45, 7) is 10.9. The van der Waals surface area contributed by atoms with Gasteiger partial charge < -0.3 is 10.4 Å². The number of hydrogen-bond acceptors (Lipinski definition) is 2. The van der Waals surface area contributed by atoms with Crippen LogP contribution in [0.2, 0.25) is 0 Å². The van der Waals surface area contributed by atoms with Gasteiger partial charge in [-0.3, -0.25) is 0 Å². The van der Waals surface area contributed by atoms with Gasteiger partial charge in [-0.1, -0.05) is 20.8 Å². The van der Waals surface area contributed by atoms with Crippen molar-refractivity contribution in [2.24, 2.45) is 17.1 Å². The molecule has 3 heteroatoms. The van der Waals surface area contributed by atoms with E-state index < -0.39 is 0 Å². The molecule has 1 aliphatic rings. The molecular formula is C11H23BNO. The zero-order valence-corrected chi connectivity index (χ0v) is 10.1. The molecule has 0 unspecified atom stereocenters. The molecule has 0 spiro atoms. The van der Waals surface area contributed by atoms with Crippen LogP contribution in [0.3, 0.4) is 0 Å². The maximum absolute atomic E-state index is 5.78. The molecule has 0 aromatic heterocycles. The predicted octanol–water partition coefficient (Wildman–Crippen LogP) is 2.14. The summed E-state index contributed by atoms with van der Waals surface area (Å²) in [7, 11) is 1.76. The minimum Gasteiger partial charge on any atom is -0.434 e. The van der Waals surface area contributed by atoms with Crippen LogP contribution in [0.15, 0.2) is 0 Å². The molecule has 0 bridgehead atoms. The summed E-state index contributed by atoms with van der Waals surface area (Å²) in [6.07, 6.45) is 2.58. The van der Waals surface area contributed by atoms with Crippen molar-refractivity contribution >= 4 is 7.48 Å². The summed E-state index contributed by atoms with van der Waals surface area (Å²) < 4.78 is 5.78. The Hall–Kier alpha value is -0.0151. The monoisotopic (exact) mass is 196 g/mol. The van der Waals surface area contributed by atoms with E-state index in [1.807, 2.05) is 6.92 Å². The van der Waals surface area contributed by atoms with Gasteiger partial charge in [0, 0.05) is 11.5 Å². The Kier molecular flexibility index (Phi) is 3.32. The summed E-state index contributed by atoms with van der Waals surface area (Å²) in [5.74, 6) is 0.655. The van der Waals surface area contributed by atoms with E-state index in [2.05, 4.69) is 27.7 Å². The standard InChI is InChI=1S/C11H23BNO/c1-8(13)12-14-11(4,5)9-6-7-10(9,2)3/h8-9H,6-7,13H2,1-5H3/t8-,9-/m0/s1. The lowest BCUT2D eigenvalue weighted by Crippen LogP contribution is -2.51. The van der Waals surface area contributed by atoms with Crippen molar-refractivity contribution in [3.63, 3.8) is 0 Å². The van der Waals surface area contributed by atoms with Crippen molar-refractivity contribution in [2.45, 2.75) is 59.0 Å². The molecule has 1 radical (unpaired) electrons. The van der Waals surface area contributed by atoms with E-state index in [0.29, 0.717) is 11.3 Å². The minimum atomic E-state index is -0.0740. The highest BCUT2D eigenvalue weighted by atomic mass is 16.5. The van der Waals surface area contributed by atoms with E-state index in [4.69, 9.17) is 10.4 Å². The largest absolute Gasteiger partial charge is 0.434 e. The van der Waals surface area contributed by atoms with Gasteiger partial charge in [-0.25, -0.2) is 0 Å². The van der Waals surface area contributed by atoms with Gasteiger partial charge in [0.25, 0.3) is 0 Å². The Morgan fingerprint density at radius 1 is 1.50 bits per heavy atom. The van der Waals surface area contributed by atoms with Crippen LogP contribution in [0.5, 0.6) is 0 Å². The highest BCUT2D eigenvalue weighted by Crippen LogP contribution is 2.52. The molecule has 0 aromatic carbocycles. The summed E-state index contributed by atoms with van der Waals surface area (Å²) in [6, 6.07) is 0. The molecule has 14 heavy (non-hydrogen) atoms. The molecule has 2 atom stereocenters. The third-order valence-corrected chi connectivity index (χ3v) is 3.45. The summed E-state index contributed by atoms with van der Waals surface area (Å²) in [5, 5.41) is 0. The second-order valence-corrected chi connectivity index (χ2v) is 5.80.